The van der Waals surface area contributed by atoms with Crippen molar-refractivity contribution in [2.45, 2.75) is 71.0 Å². The van der Waals surface area contributed by atoms with Crippen molar-refractivity contribution in [3.05, 3.63) is 35.9 Å². The minimum atomic E-state index is 0.446. The van der Waals surface area contributed by atoms with Crippen LogP contribution in [0.1, 0.15) is 64.5 Å². The van der Waals surface area contributed by atoms with Gasteiger partial charge in [-0.1, -0.05) is 57.0 Å². The lowest BCUT2D eigenvalue weighted by molar-refractivity contribution is 0.111. The molecule has 1 aromatic carbocycles. The summed E-state index contributed by atoms with van der Waals surface area (Å²) >= 11 is 0. The molecule has 1 heterocycles. The third-order valence-corrected chi connectivity index (χ3v) is 4.92. The number of likely N-dealkylation sites (tertiary alicyclic amines) is 1. The van der Waals surface area contributed by atoms with Gasteiger partial charge in [0.15, 0.2) is 0 Å². The fraction of sp³-hybridized carbons (Fsp3) is 0.684. The molecule has 1 aliphatic rings. The molecule has 1 fully saturated rings. The van der Waals surface area contributed by atoms with E-state index in [-0.39, 0.29) is 0 Å². The zero-order valence-electron chi connectivity index (χ0n) is 14.0. The van der Waals surface area contributed by atoms with Gasteiger partial charge in [-0.05, 0) is 44.8 Å². The smallest absolute Gasteiger partial charge is 0.0478 e. The van der Waals surface area contributed by atoms with E-state index in [4.69, 9.17) is 0 Å². The molecule has 1 aromatic rings. The molecule has 0 spiro atoms. The van der Waals surface area contributed by atoms with Crippen LogP contribution in [0.4, 0.5) is 0 Å². The van der Waals surface area contributed by atoms with Gasteiger partial charge in [0.05, 0.1) is 0 Å². The van der Waals surface area contributed by atoms with E-state index >= 15 is 0 Å². The lowest BCUT2D eigenvalue weighted by Crippen LogP contribution is -2.48. The summed E-state index contributed by atoms with van der Waals surface area (Å²) in [5.41, 5.74) is 1.43. The zero-order chi connectivity index (χ0) is 15.1. The Bertz CT molecular complexity index is 390. The van der Waals surface area contributed by atoms with Crippen molar-refractivity contribution in [1.29, 1.82) is 0 Å². The van der Waals surface area contributed by atoms with E-state index in [9.17, 15) is 0 Å². The maximum Gasteiger partial charge on any atom is 0.0478 e. The van der Waals surface area contributed by atoms with Crippen LogP contribution in [0.25, 0.3) is 0 Å². The minimum Gasteiger partial charge on any atom is -0.309 e. The second kappa shape index (κ2) is 8.55. The van der Waals surface area contributed by atoms with Crippen molar-refractivity contribution in [3.8, 4) is 0 Å². The van der Waals surface area contributed by atoms with Gasteiger partial charge in [0.2, 0.25) is 0 Å². The van der Waals surface area contributed by atoms with E-state index in [0.29, 0.717) is 18.1 Å². The molecule has 2 heteroatoms. The van der Waals surface area contributed by atoms with Crippen molar-refractivity contribution >= 4 is 0 Å². The Labute approximate surface area is 130 Å². The first-order chi connectivity index (χ1) is 10.3. The van der Waals surface area contributed by atoms with E-state index in [1.165, 1.54) is 44.2 Å². The first-order valence-corrected chi connectivity index (χ1v) is 8.82. The Hall–Kier alpha value is -0.860. The largest absolute Gasteiger partial charge is 0.309 e. The Morgan fingerprint density at radius 2 is 1.90 bits per heavy atom. The van der Waals surface area contributed by atoms with Crippen molar-refractivity contribution in [2.75, 3.05) is 13.1 Å². The summed E-state index contributed by atoms with van der Waals surface area (Å²) in [7, 11) is 0. The van der Waals surface area contributed by atoms with Gasteiger partial charge in [0, 0.05) is 18.1 Å². The van der Waals surface area contributed by atoms with Crippen LogP contribution < -0.4 is 5.32 Å². The topological polar surface area (TPSA) is 15.3 Å². The molecule has 21 heavy (non-hydrogen) atoms. The predicted octanol–water partition coefficient (Wildman–Crippen LogP) is 4.38. The van der Waals surface area contributed by atoms with E-state index in [0.717, 1.165) is 6.54 Å². The van der Waals surface area contributed by atoms with Crippen molar-refractivity contribution in [1.82, 2.24) is 10.2 Å². The Morgan fingerprint density at radius 3 is 2.57 bits per heavy atom. The van der Waals surface area contributed by atoms with Crippen LogP contribution in [0.2, 0.25) is 0 Å². The molecule has 2 nitrogen and oxygen atoms in total. The molecular formula is C19H32N2. The lowest BCUT2D eigenvalue weighted by Gasteiger charge is -2.40. The molecule has 0 aliphatic carbocycles. The molecule has 3 unspecified atom stereocenters. The molecule has 118 valence electrons. The van der Waals surface area contributed by atoms with Gasteiger partial charge in [-0.25, -0.2) is 0 Å². The van der Waals surface area contributed by atoms with Gasteiger partial charge < -0.3 is 5.32 Å². The fourth-order valence-corrected chi connectivity index (χ4v) is 3.81. The predicted molar refractivity (Wildman–Crippen MR) is 91.6 cm³/mol. The average molecular weight is 288 g/mol. The van der Waals surface area contributed by atoms with Crippen LogP contribution >= 0.6 is 0 Å². The van der Waals surface area contributed by atoms with E-state index < -0.39 is 0 Å². The van der Waals surface area contributed by atoms with Gasteiger partial charge in [-0.3, -0.25) is 4.90 Å². The van der Waals surface area contributed by atoms with E-state index in [1.807, 2.05) is 0 Å². The van der Waals surface area contributed by atoms with Gasteiger partial charge in [-0.2, -0.15) is 0 Å². The van der Waals surface area contributed by atoms with E-state index in [2.05, 4.69) is 61.3 Å². The first-order valence-electron chi connectivity index (χ1n) is 8.82. The van der Waals surface area contributed by atoms with Gasteiger partial charge in [0.25, 0.3) is 0 Å². The number of nitrogens with one attached hydrogen (secondary N) is 1. The highest BCUT2D eigenvalue weighted by Crippen LogP contribution is 2.28. The highest BCUT2D eigenvalue weighted by atomic mass is 15.2. The van der Waals surface area contributed by atoms with Gasteiger partial charge in [-0.15, -0.1) is 0 Å². The molecule has 0 aromatic heterocycles. The number of likely N-dealkylation sites (N-methyl/N-ethyl adjacent to an activating group) is 1. The summed E-state index contributed by atoms with van der Waals surface area (Å²) in [5, 5.41) is 3.75. The van der Waals surface area contributed by atoms with Crippen LogP contribution in [0.3, 0.4) is 0 Å². The quantitative estimate of drug-likeness (QED) is 0.835. The molecule has 1 saturated heterocycles. The SMILES string of the molecule is CCNC(c1ccccc1)C(CC)N1CCCCCC1C. The van der Waals surface area contributed by atoms with Crippen molar-refractivity contribution in [2.24, 2.45) is 0 Å². The molecule has 1 aliphatic heterocycles. The maximum absolute atomic E-state index is 3.75. The summed E-state index contributed by atoms with van der Waals surface area (Å²) in [6.45, 7) is 9.26. The molecule has 3 atom stereocenters. The van der Waals surface area contributed by atoms with Crippen LogP contribution in [-0.4, -0.2) is 30.1 Å². The highest BCUT2D eigenvalue weighted by Gasteiger charge is 2.30. The summed E-state index contributed by atoms with van der Waals surface area (Å²) in [6.07, 6.45) is 6.70. The van der Waals surface area contributed by atoms with Crippen LogP contribution in [-0.2, 0) is 0 Å². The number of nitrogens with zero attached hydrogens (tertiary/aromatic N) is 1. The zero-order valence-corrected chi connectivity index (χ0v) is 14.0. The standard InChI is InChI=1S/C19H32N2/c1-4-18(21-15-11-7-8-12-16(21)3)19(20-5-2)17-13-9-6-10-14-17/h6,9-10,13-14,16,18-20H,4-5,7-8,11-12,15H2,1-3H3. The summed E-state index contributed by atoms with van der Waals surface area (Å²) < 4.78 is 0. The van der Waals surface area contributed by atoms with E-state index in [1.54, 1.807) is 0 Å². The van der Waals surface area contributed by atoms with Crippen molar-refractivity contribution in [3.63, 3.8) is 0 Å². The Kier molecular flexibility index (Phi) is 6.72. The number of hydrogen-bond acceptors (Lipinski definition) is 2. The molecule has 1 N–H and O–H groups in total. The normalized spacial score (nSPS) is 23.5. The molecule has 0 bridgehead atoms. The third-order valence-electron chi connectivity index (χ3n) is 4.92. The highest BCUT2D eigenvalue weighted by molar-refractivity contribution is 5.21. The molecule has 0 amide bonds. The summed E-state index contributed by atoms with van der Waals surface area (Å²) in [4.78, 5) is 2.77. The summed E-state index contributed by atoms with van der Waals surface area (Å²) in [6, 6.07) is 12.7. The monoisotopic (exact) mass is 288 g/mol. The number of benzene rings is 1. The molecule has 2 rings (SSSR count). The van der Waals surface area contributed by atoms with Crippen LogP contribution in [0.5, 0.6) is 0 Å². The van der Waals surface area contributed by atoms with Gasteiger partial charge in [0.1, 0.15) is 0 Å². The van der Waals surface area contributed by atoms with Crippen molar-refractivity contribution < 1.29 is 0 Å². The van der Waals surface area contributed by atoms with Crippen LogP contribution in [0, 0.1) is 0 Å². The number of rotatable bonds is 6. The number of hydrogen-bond donors (Lipinski definition) is 1. The van der Waals surface area contributed by atoms with Gasteiger partial charge >= 0.3 is 0 Å². The Balaban J connectivity index is 2.22. The second-order valence-electron chi connectivity index (χ2n) is 6.36. The summed E-state index contributed by atoms with van der Waals surface area (Å²) in [5.74, 6) is 0. The maximum atomic E-state index is 3.75. The molecular weight excluding hydrogens is 256 g/mol. The average Bonchev–Trinajstić information content (AvgIpc) is 2.73. The molecule has 0 saturated carbocycles. The molecule has 0 radical (unpaired) electrons. The minimum absolute atomic E-state index is 0.446. The third kappa shape index (κ3) is 4.31. The lowest BCUT2D eigenvalue weighted by atomic mass is 9.94. The first kappa shape index (κ1) is 16.5. The fourth-order valence-electron chi connectivity index (χ4n) is 3.81. The van der Waals surface area contributed by atoms with Crippen LogP contribution in [0.15, 0.2) is 30.3 Å². The second-order valence-corrected chi connectivity index (χ2v) is 6.36. The Morgan fingerprint density at radius 1 is 1.14 bits per heavy atom.